The number of amides is 14. The highest BCUT2D eigenvalue weighted by molar-refractivity contribution is 8.00. The van der Waals surface area contributed by atoms with E-state index in [9.17, 15) is 62.6 Å². The van der Waals surface area contributed by atoms with E-state index in [-0.39, 0.29) is 96.2 Å². The molecule has 0 bridgehead atoms. The lowest BCUT2D eigenvalue weighted by atomic mass is 9.94. The summed E-state index contributed by atoms with van der Waals surface area (Å²) in [6.45, 7) is 12.7. The third kappa shape index (κ3) is 36.9. The standard InChI is InChI=1S/C79H121N23O16S/c1-9-45(7)63-75(117)94-52(31-22-34-89-79(85)86)67(109)98-57(39-61(105)106)72(114)93-50(29-20-32-87-77(81)82)66(108)96-56(38-49-27-18-13-19-28-49)71(113)97-55(37-48-25-16-12-17-26-48)70(112)92-51(30-21-33-88-78(83)84)68(110)99-58(65(107)90-40-59(80)103)41-119-42-60(104)91-54(36-47-23-14-11-15-24-47)69(111)95-53(35-43(3)4)73(115)101-64(46(8)10-2)76(118)100-62(44(5)6)74(116)102-63/h11-19,23-28,43-46,50-58,62-64H,9-10,20-22,29-42H2,1-8H3,(H2,80,103)(H,90,107)(H,91,104)(H,92,112)(H,93,114)(H,94,117)(H,95,111)(H,96,108)(H,97,113)(H,98,109)(H,99,110)(H,100,118)(H,101,115)(H,102,116)(H,105,106)(H4,81,82,87)(H4,83,84,88)(H4,85,86,89)/t45-,46-,50-,51-,52-,53-,54-,55-,56-,57-,58-,62-,63-,64-/m0/s1. The van der Waals surface area contributed by atoms with E-state index in [4.69, 9.17) is 39.2 Å². The summed E-state index contributed by atoms with van der Waals surface area (Å²) < 4.78 is 0. The molecule has 1 heterocycles. The lowest BCUT2D eigenvalue weighted by Crippen LogP contribution is -2.62. The van der Waals surface area contributed by atoms with Gasteiger partial charge in [-0.15, -0.1) is 11.8 Å². The van der Waals surface area contributed by atoms with Crippen molar-refractivity contribution in [2.24, 2.45) is 46.6 Å². The summed E-state index contributed by atoms with van der Waals surface area (Å²) in [5.41, 5.74) is 23.7. The average molecular weight is 1680 g/mol. The molecule has 40 heteroatoms. The number of benzene rings is 3. The molecule has 0 aromatic heterocycles. The number of aliphatic carboxylic acids is 1. The van der Waals surface area contributed by atoms with Crippen molar-refractivity contribution in [3.05, 3.63) is 108 Å². The predicted octanol–water partition coefficient (Wildman–Crippen LogP) is -3.06. The maximum Gasteiger partial charge on any atom is 0.305 e. The maximum absolute atomic E-state index is 15.2. The normalized spacial score (nSPS) is 23.0. The fourth-order valence-electron chi connectivity index (χ4n) is 12.5. The van der Waals surface area contributed by atoms with Crippen LogP contribution in [0.5, 0.6) is 0 Å². The number of hydrogen-bond acceptors (Lipinski definition) is 19. The predicted molar refractivity (Wildman–Crippen MR) is 446 cm³/mol. The summed E-state index contributed by atoms with van der Waals surface area (Å²) in [4.78, 5) is 217. The Hall–Kier alpha value is -12.1. The summed E-state index contributed by atoms with van der Waals surface area (Å²) in [6, 6.07) is 6.33. The van der Waals surface area contributed by atoms with Crippen LogP contribution in [0.25, 0.3) is 0 Å². The fourth-order valence-corrected chi connectivity index (χ4v) is 13.3. The van der Waals surface area contributed by atoms with E-state index < -0.39 is 221 Å². The first-order valence-electron chi connectivity index (χ1n) is 39.7. The first kappa shape index (κ1) is 99.2. The van der Waals surface area contributed by atoms with Gasteiger partial charge >= 0.3 is 5.97 Å². The highest BCUT2D eigenvalue weighted by atomic mass is 32.2. The van der Waals surface area contributed by atoms with Gasteiger partial charge < -0.3 is 113 Å². The topological polar surface area (TPSA) is 644 Å². The Kier molecular flexibility index (Phi) is 43.2. The fraction of sp³-hybridized carbons (Fsp3) is 0.544. The molecule has 0 saturated carbocycles. The molecule has 0 spiro atoms. The SMILES string of the molecule is CC[C@H](C)[C@@H]1NC(=O)[C@H](CC(C)C)NC(=O)[C@H](Cc2ccccc2)NC(=O)CSC[C@@H](C(=O)NCC(N)=O)NC(=O)[C@H](CCCNC(=N)N)NC(=O)[C@H](Cc2ccccc2)NC(=O)[C@H](Cc2ccccc2)NC(=O)[C@H](CCCNC(=N)N)NC(=O)[C@H](CC(=O)O)NC(=O)[C@H](CCCNC(=N)N)NC(=O)[C@H]([C@@H](C)CC)NC(=O)[C@H](C(C)C)NC1=O. The van der Waals surface area contributed by atoms with Crippen LogP contribution >= 0.6 is 11.8 Å². The van der Waals surface area contributed by atoms with Gasteiger partial charge in [-0.3, -0.25) is 88.1 Å². The van der Waals surface area contributed by atoms with E-state index >= 15 is 14.4 Å². The molecule has 0 aliphatic carbocycles. The minimum Gasteiger partial charge on any atom is -0.481 e. The molecule has 3 aromatic carbocycles. The van der Waals surface area contributed by atoms with Crippen molar-refractivity contribution >= 4 is 118 Å². The van der Waals surface area contributed by atoms with Gasteiger partial charge in [0.1, 0.15) is 72.5 Å². The van der Waals surface area contributed by atoms with Crippen molar-refractivity contribution in [3.63, 3.8) is 0 Å². The summed E-state index contributed by atoms with van der Waals surface area (Å²) in [5, 5.41) is 75.8. The van der Waals surface area contributed by atoms with E-state index in [2.05, 4.69) is 85.1 Å². The maximum atomic E-state index is 15.2. The van der Waals surface area contributed by atoms with E-state index in [0.29, 0.717) is 23.1 Å². The number of carboxylic acid groups (broad SMARTS) is 1. The molecule has 1 aliphatic rings. The molecule has 1 fully saturated rings. The Bertz CT molecular complexity index is 3940. The third-order valence-electron chi connectivity index (χ3n) is 19.4. The molecular formula is C79H121N23O16S. The number of primary amides is 1. The Balaban J connectivity index is 1.99. The van der Waals surface area contributed by atoms with Gasteiger partial charge in [0.2, 0.25) is 82.7 Å². The number of thioether (sulfide) groups is 1. The molecular weight excluding hydrogens is 1560 g/mol. The van der Waals surface area contributed by atoms with Crippen molar-refractivity contribution in [1.82, 2.24) is 85.1 Å². The van der Waals surface area contributed by atoms with Gasteiger partial charge in [0.25, 0.3) is 0 Å². The van der Waals surface area contributed by atoms with E-state index in [1.54, 1.807) is 146 Å². The van der Waals surface area contributed by atoms with E-state index in [0.717, 1.165) is 11.8 Å². The van der Waals surface area contributed by atoms with E-state index in [1.807, 2.05) is 0 Å². The largest absolute Gasteiger partial charge is 0.481 e. The number of carboxylic acids is 1. The highest BCUT2D eigenvalue weighted by Gasteiger charge is 2.40. The van der Waals surface area contributed by atoms with E-state index in [1.165, 1.54) is 0 Å². The van der Waals surface area contributed by atoms with Gasteiger partial charge in [0.15, 0.2) is 17.9 Å². The van der Waals surface area contributed by atoms with Gasteiger partial charge in [-0.25, -0.2) is 0 Å². The number of carbonyl (C=O) groups excluding carboxylic acids is 14. The highest BCUT2D eigenvalue weighted by Crippen LogP contribution is 2.18. The van der Waals surface area contributed by atoms with Crippen LogP contribution in [0.4, 0.5) is 0 Å². The molecule has 654 valence electrons. The molecule has 119 heavy (non-hydrogen) atoms. The zero-order valence-corrected chi connectivity index (χ0v) is 69.4. The summed E-state index contributed by atoms with van der Waals surface area (Å²) in [5.74, 6) is -19.6. The molecule has 14 amide bonds. The number of rotatable bonds is 30. The Labute approximate surface area is 696 Å². The molecule has 3 aromatic rings. The quantitative estimate of drug-likeness (QED) is 0.0179. The van der Waals surface area contributed by atoms with Gasteiger partial charge in [-0.2, -0.15) is 0 Å². The van der Waals surface area contributed by atoms with Crippen molar-refractivity contribution in [2.45, 2.75) is 211 Å². The van der Waals surface area contributed by atoms with Crippen LogP contribution in [0.1, 0.15) is 136 Å². The average Bonchev–Trinajstić information content (AvgIpc) is 0.867. The molecule has 28 N–H and O–H groups in total. The van der Waals surface area contributed by atoms with Crippen molar-refractivity contribution < 1.29 is 77.0 Å². The number of nitrogens with one attached hydrogen (secondary N) is 19. The van der Waals surface area contributed by atoms with Gasteiger partial charge in [-0.1, -0.05) is 159 Å². The second kappa shape index (κ2) is 51.8. The van der Waals surface area contributed by atoms with Crippen LogP contribution in [-0.2, 0) is 91.2 Å². The molecule has 0 unspecified atom stereocenters. The summed E-state index contributed by atoms with van der Waals surface area (Å²) in [6.07, 6.45) is -2.10. The Morgan fingerprint density at radius 2 is 0.739 bits per heavy atom. The minimum absolute atomic E-state index is 0.00546. The monoisotopic (exact) mass is 1680 g/mol. The lowest BCUT2D eigenvalue weighted by molar-refractivity contribution is -0.141. The van der Waals surface area contributed by atoms with Crippen LogP contribution in [0.2, 0.25) is 0 Å². The number of guanidine groups is 3. The van der Waals surface area contributed by atoms with Gasteiger partial charge in [-0.05, 0) is 85.3 Å². The van der Waals surface area contributed by atoms with Gasteiger partial charge in [0, 0.05) is 44.6 Å². The first-order chi connectivity index (χ1) is 56.4. The number of carbonyl (C=O) groups is 15. The van der Waals surface area contributed by atoms with Crippen LogP contribution < -0.4 is 108 Å². The number of hydrogen-bond donors (Lipinski definition) is 24. The zero-order valence-electron chi connectivity index (χ0n) is 68.6. The summed E-state index contributed by atoms with van der Waals surface area (Å²) in [7, 11) is 0. The molecule has 1 saturated heterocycles. The first-order valence-corrected chi connectivity index (χ1v) is 40.9. The molecule has 39 nitrogen and oxygen atoms in total. The minimum atomic E-state index is -2.03. The Morgan fingerprint density at radius 3 is 1.12 bits per heavy atom. The van der Waals surface area contributed by atoms with Crippen LogP contribution in [0, 0.1) is 39.9 Å². The van der Waals surface area contributed by atoms with Crippen molar-refractivity contribution in [3.8, 4) is 0 Å². The second-order valence-corrected chi connectivity index (χ2v) is 31.1. The molecule has 4 rings (SSSR count). The summed E-state index contributed by atoms with van der Waals surface area (Å²) >= 11 is 0.806. The van der Waals surface area contributed by atoms with Gasteiger partial charge in [0.05, 0.1) is 18.7 Å². The van der Waals surface area contributed by atoms with Crippen LogP contribution in [0.15, 0.2) is 91.0 Å². The smallest absolute Gasteiger partial charge is 0.305 e. The van der Waals surface area contributed by atoms with Crippen LogP contribution in [-0.4, -0.2) is 222 Å². The lowest BCUT2D eigenvalue weighted by Gasteiger charge is -2.32. The Morgan fingerprint density at radius 1 is 0.420 bits per heavy atom. The van der Waals surface area contributed by atoms with Crippen molar-refractivity contribution in [2.75, 3.05) is 37.7 Å². The molecule has 0 radical (unpaired) electrons. The zero-order chi connectivity index (χ0) is 88.4. The number of nitrogens with two attached hydrogens (primary N) is 4. The molecule has 14 atom stereocenters. The second-order valence-electron chi connectivity index (χ2n) is 30.0. The van der Waals surface area contributed by atoms with Crippen LogP contribution in [0.3, 0.4) is 0 Å². The third-order valence-corrected chi connectivity index (χ3v) is 20.4. The molecule has 1 aliphatic heterocycles. The van der Waals surface area contributed by atoms with Crippen molar-refractivity contribution in [1.29, 1.82) is 16.2 Å².